The fourth-order valence-corrected chi connectivity index (χ4v) is 1.68. The minimum absolute atomic E-state index is 0.0782. The first kappa shape index (κ1) is 11.3. The fourth-order valence-electron chi connectivity index (χ4n) is 1.68. The molecule has 0 unspecified atom stereocenters. The lowest BCUT2D eigenvalue weighted by Gasteiger charge is -2.01. The van der Waals surface area contributed by atoms with Gasteiger partial charge in [-0.05, 0) is 24.1 Å². The smallest absolute Gasteiger partial charge is 0.188 e. The maximum absolute atomic E-state index is 12.1. The normalized spacial score (nSPS) is 11.2. The maximum atomic E-state index is 12.1. The standard InChI is InChI=1S/C16H14O/c1-13(12-14-8-4-2-5-9-14)16(17)15-10-6-3-7-11-15/h2-12H,1H3/b13-12-. The van der Waals surface area contributed by atoms with Gasteiger partial charge >= 0.3 is 0 Å². The lowest BCUT2D eigenvalue weighted by atomic mass is 10.0. The number of ketones is 1. The van der Waals surface area contributed by atoms with Gasteiger partial charge in [-0.3, -0.25) is 4.79 Å². The number of hydrogen-bond donors (Lipinski definition) is 0. The Kier molecular flexibility index (Phi) is 3.51. The van der Waals surface area contributed by atoms with Gasteiger partial charge in [-0.15, -0.1) is 0 Å². The molecule has 17 heavy (non-hydrogen) atoms. The quantitative estimate of drug-likeness (QED) is 0.567. The number of carbonyl (C=O) groups excluding carboxylic acids is 1. The summed E-state index contributed by atoms with van der Waals surface area (Å²) in [6, 6.07) is 19.2. The number of carbonyl (C=O) groups is 1. The first-order valence-electron chi connectivity index (χ1n) is 5.60. The lowest BCUT2D eigenvalue weighted by Crippen LogP contribution is -1.99. The number of rotatable bonds is 3. The molecule has 0 saturated heterocycles. The van der Waals surface area contributed by atoms with Gasteiger partial charge in [0, 0.05) is 5.56 Å². The Labute approximate surface area is 101 Å². The van der Waals surface area contributed by atoms with Crippen LogP contribution in [0.25, 0.3) is 6.08 Å². The monoisotopic (exact) mass is 222 g/mol. The van der Waals surface area contributed by atoms with Crippen LogP contribution in [-0.2, 0) is 0 Å². The van der Waals surface area contributed by atoms with Gasteiger partial charge in [-0.2, -0.15) is 0 Å². The molecule has 0 spiro atoms. The van der Waals surface area contributed by atoms with E-state index in [2.05, 4.69) is 0 Å². The second-order valence-electron chi connectivity index (χ2n) is 3.93. The van der Waals surface area contributed by atoms with Crippen LogP contribution >= 0.6 is 0 Å². The van der Waals surface area contributed by atoms with E-state index in [4.69, 9.17) is 0 Å². The van der Waals surface area contributed by atoms with E-state index in [1.807, 2.05) is 73.7 Å². The van der Waals surface area contributed by atoms with Crippen LogP contribution in [0.1, 0.15) is 22.8 Å². The van der Waals surface area contributed by atoms with Crippen LogP contribution in [0.2, 0.25) is 0 Å². The molecule has 0 amide bonds. The van der Waals surface area contributed by atoms with Crippen LogP contribution in [0.15, 0.2) is 66.2 Å². The highest BCUT2D eigenvalue weighted by atomic mass is 16.1. The molecule has 0 aliphatic rings. The summed E-state index contributed by atoms with van der Waals surface area (Å²) in [6.07, 6.45) is 1.91. The van der Waals surface area contributed by atoms with Gasteiger partial charge in [-0.1, -0.05) is 60.7 Å². The minimum atomic E-state index is 0.0782. The number of hydrogen-bond acceptors (Lipinski definition) is 1. The Balaban J connectivity index is 2.24. The summed E-state index contributed by atoms with van der Waals surface area (Å²) in [5.74, 6) is 0.0782. The lowest BCUT2D eigenvalue weighted by molar-refractivity contribution is 0.103. The van der Waals surface area contributed by atoms with Gasteiger partial charge in [0.05, 0.1) is 0 Å². The van der Waals surface area contributed by atoms with Crippen LogP contribution in [0.3, 0.4) is 0 Å². The van der Waals surface area contributed by atoms with Crippen molar-refractivity contribution >= 4 is 11.9 Å². The molecule has 0 aliphatic carbocycles. The molecule has 0 aromatic heterocycles. The van der Waals surface area contributed by atoms with Crippen molar-refractivity contribution < 1.29 is 4.79 Å². The van der Waals surface area contributed by atoms with Crippen molar-refractivity contribution in [3.63, 3.8) is 0 Å². The summed E-state index contributed by atoms with van der Waals surface area (Å²) >= 11 is 0. The molecule has 1 nitrogen and oxygen atoms in total. The van der Waals surface area contributed by atoms with Crippen LogP contribution in [0, 0.1) is 0 Å². The molecular weight excluding hydrogens is 208 g/mol. The van der Waals surface area contributed by atoms with Gasteiger partial charge in [-0.25, -0.2) is 0 Å². The Morgan fingerprint density at radius 1 is 0.882 bits per heavy atom. The first-order valence-corrected chi connectivity index (χ1v) is 5.60. The van der Waals surface area contributed by atoms with Gasteiger partial charge in [0.25, 0.3) is 0 Å². The van der Waals surface area contributed by atoms with Gasteiger partial charge < -0.3 is 0 Å². The Hall–Kier alpha value is -2.15. The largest absolute Gasteiger partial charge is 0.289 e. The van der Waals surface area contributed by atoms with Crippen molar-refractivity contribution in [3.8, 4) is 0 Å². The zero-order valence-electron chi connectivity index (χ0n) is 9.76. The molecule has 0 radical (unpaired) electrons. The zero-order valence-corrected chi connectivity index (χ0v) is 9.76. The van der Waals surface area contributed by atoms with Crippen LogP contribution in [0.4, 0.5) is 0 Å². The van der Waals surface area contributed by atoms with E-state index >= 15 is 0 Å². The van der Waals surface area contributed by atoms with E-state index in [9.17, 15) is 4.79 Å². The fraction of sp³-hybridized carbons (Fsp3) is 0.0625. The molecule has 0 aliphatic heterocycles. The average molecular weight is 222 g/mol. The number of benzene rings is 2. The Morgan fingerprint density at radius 2 is 1.41 bits per heavy atom. The van der Waals surface area contributed by atoms with Gasteiger partial charge in [0.1, 0.15) is 0 Å². The molecule has 0 atom stereocenters. The molecular formula is C16H14O. The van der Waals surface area contributed by atoms with E-state index < -0.39 is 0 Å². The SMILES string of the molecule is C/C(=C/c1ccccc1)C(=O)c1ccccc1. The van der Waals surface area contributed by atoms with E-state index in [-0.39, 0.29) is 5.78 Å². The molecule has 0 N–H and O–H groups in total. The molecule has 0 heterocycles. The van der Waals surface area contributed by atoms with Crippen molar-refractivity contribution in [2.45, 2.75) is 6.92 Å². The molecule has 1 heteroatoms. The summed E-state index contributed by atoms with van der Waals surface area (Å²) in [7, 11) is 0. The molecule has 2 aromatic carbocycles. The molecule has 0 bridgehead atoms. The van der Waals surface area contributed by atoms with Crippen LogP contribution in [0.5, 0.6) is 0 Å². The van der Waals surface area contributed by atoms with Gasteiger partial charge in [0.2, 0.25) is 0 Å². The highest BCUT2D eigenvalue weighted by molar-refractivity contribution is 6.10. The van der Waals surface area contributed by atoms with E-state index in [1.54, 1.807) is 0 Å². The van der Waals surface area contributed by atoms with E-state index in [0.29, 0.717) is 0 Å². The third-order valence-corrected chi connectivity index (χ3v) is 2.58. The van der Waals surface area contributed by atoms with Gasteiger partial charge in [0.15, 0.2) is 5.78 Å². The minimum Gasteiger partial charge on any atom is -0.289 e. The highest BCUT2D eigenvalue weighted by Crippen LogP contribution is 2.12. The summed E-state index contributed by atoms with van der Waals surface area (Å²) in [5, 5.41) is 0. The van der Waals surface area contributed by atoms with Crippen LogP contribution < -0.4 is 0 Å². The summed E-state index contributed by atoms with van der Waals surface area (Å²) in [5.41, 5.74) is 2.54. The maximum Gasteiger partial charge on any atom is 0.188 e. The van der Waals surface area contributed by atoms with Crippen molar-refractivity contribution in [3.05, 3.63) is 77.4 Å². The molecule has 0 saturated carbocycles. The topological polar surface area (TPSA) is 17.1 Å². The number of allylic oxidation sites excluding steroid dienone is 1. The zero-order chi connectivity index (χ0) is 12.1. The predicted octanol–water partition coefficient (Wildman–Crippen LogP) is 3.97. The van der Waals surface area contributed by atoms with Crippen molar-refractivity contribution in [2.75, 3.05) is 0 Å². The number of Topliss-reactive ketones (excluding diaryl/α,β-unsaturated/α-hetero) is 1. The van der Waals surface area contributed by atoms with Crippen molar-refractivity contribution in [2.24, 2.45) is 0 Å². The second-order valence-corrected chi connectivity index (χ2v) is 3.93. The van der Waals surface area contributed by atoms with Crippen LogP contribution in [-0.4, -0.2) is 5.78 Å². The molecule has 2 aromatic rings. The van der Waals surface area contributed by atoms with Crippen molar-refractivity contribution in [1.29, 1.82) is 0 Å². The average Bonchev–Trinajstić information content (AvgIpc) is 2.40. The molecule has 84 valence electrons. The summed E-state index contributed by atoms with van der Waals surface area (Å²) < 4.78 is 0. The molecule has 0 fully saturated rings. The van der Waals surface area contributed by atoms with Crippen molar-refractivity contribution in [1.82, 2.24) is 0 Å². The Morgan fingerprint density at radius 3 is 2.00 bits per heavy atom. The Bertz CT molecular complexity index is 524. The molecule has 2 rings (SSSR count). The predicted molar refractivity (Wildman–Crippen MR) is 70.9 cm³/mol. The second kappa shape index (κ2) is 5.26. The summed E-state index contributed by atoms with van der Waals surface area (Å²) in [4.78, 5) is 12.1. The third-order valence-electron chi connectivity index (χ3n) is 2.58. The van der Waals surface area contributed by atoms with E-state index in [0.717, 1.165) is 16.7 Å². The van der Waals surface area contributed by atoms with E-state index in [1.165, 1.54) is 0 Å². The third kappa shape index (κ3) is 2.91. The highest BCUT2D eigenvalue weighted by Gasteiger charge is 2.06. The summed E-state index contributed by atoms with van der Waals surface area (Å²) in [6.45, 7) is 1.85. The first-order chi connectivity index (χ1) is 8.27.